The molecule has 2 aliphatic carbocycles. The van der Waals surface area contributed by atoms with Crippen molar-refractivity contribution in [3.8, 4) is 0 Å². The van der Waals surface area contributed by atoms with Gasteiger partial charge in [-0.25, -0.2) is 0 Å². The third kappa shape index (κ3) is 0.538. The molecule has 2 saturated carbocycles. The molecular formula is C10H18. The predicted molar refractivity (Wildman–Crippen MR) is 43.8 cm³/mol. The second-order valence-corrected chi connectivity index (χ2v) is 4.62. The molecule has 0 N–H and O–H groups in total. The normalized spacial score (nSPS) is 40.8. The minimum absolute atomic E-state index is 0.799. The van der Waals surface area contributed by atoms with Crippen molar-refractivity contribution in [3.63, 3.8) is 0 Å². The minimum Gasteiger partial charge on any atom is -0.0648 e. The molecule has 0 bridgehead atoms. The summed E-state index contributed by atoms with van der Waals surface area (Å²) in [6.07, 6.45) is 6.05. The van der Waals surface area contributed by atoms with Gasteiger partial charge in [-0.1, -0.05) is 20.8 Å². The van der Waals surface area contributed by atoms with Crippen LogP contribution in [-0.4, -0.2) is 0 Å². The molecule has 0 amide bonds. The molecule has 0 nitrogen and oxygen atoms in total. The highest BCUT2D eigenvalue weighted by molar-refractivity contribution is 5.22. The molecule has 1 spiro atoms. The van der Waals surface area contributed by atoms with E-state index in [1.807, 2.05) is 0 Å². The molecule has 10 heavy (non-hydrogen) atoms. The Hall–Kier alpha value is 0. The molecule has 0 aromatic rings. The standard InChI is InChI=1S/C10H18/c1-4-10(8(2)3)7-9(10)5-6-9/h8H,4-7H2,1-3H3. The van der Waals surface area contributed by atoms with E-state index in [1.54, 1.807) is 19.3 Å². The molecular weight excluding hydrogens is 120 g/mol. The molecule has 2 aliphatic rings. The average molecular weight is 138 g/mol. The Morgan fingerprint density at radius 2 is 1.90 bits per heavy atom. The van der Waals surface area contributed by atoms with Crippen molar-refractivity contribution in [2.75, 3.05) is 0 Å². The molecule has 0 saturated heterocycles. The van der Waals surface area contributed by atoms with Crippen LogP contribution in [0.15, 0.2) is 0 Å². The van der Waals surface area contributed by atoms with Crippen LogP contribution in [0.3, 0.4) is 0 Å². The quantitative estimate of drug-likeness (QED) is 0.549. The van der Waals surface area contributed by atoms with Crippen LogP contribution in [-0.2, 0) is 0 Å². The van der Waals surface area contributed by atoms with Gasteiger partial charge in [-0.15, -0.1) is 0 Å². The van der Waals surface area contributed by atoms with Crippen LogP contribution in [0.5, 0.6) is 0 Å². The molecule has 0 heterocycles. The molecule has 2 fully saturated rings. The number of rotatable bonds is 2. The molecule has 58 valence electrons. The lowest BCUT2D eigenvalue weighted by Crippen LogP contribution is -2.11. The maximum absolute atomic E-state index is 2.40. The van der Waals surface area contributed by atoms with E-state index in [-0.39, 0.29) is 0 Å². The largest absolute Gasteiger partial charge is 0.0648 e. The fourth-order valence-corrected chi connectivity index (χ4v) is 3.11. The first-order valence-electron chi connectivity index (χ1n) is 4.67. The third-order valence-electron chi connectivity index (χ3n) is 4.17. The van der Waals surface area contributed by atoms with Gasteiger partial charge in [0.1, 0.15) is 0 Å². The Labute approximate surface area is 64.0 Å². The molecule has 0 aromatic heterocycles. The molecule has 0 aromatic carbocycles. The van der Waals surface area contributed by atoms with Gasteiger partial charge in [0.2, 0.25) is 0 Å². The Kier molecular flexibility index (Phi) is 1.07. The highest BCUT2D eigenvalue weighted by Gasteiger charge is 2.73. The Morgan fingerprint density at radius 1 is 1.30 bits per heavy atom. The van der Waals surface area contributed by atoms with Gasteiger partial charge in [-0.05, 0) is 42.4 Å². The van der Waals surface area contributed by atoms with Crippen LogP contribution in [0.25, 0.3) is 0 Å². The summed E-state index contributed by atoms with van der Waals surface area (Å²) >= 11 is 0. The highest BCUT2D eigenvalue weighted by Crippen LogP contribution is 2.82. The van der Waals surface area contributed by atoms with Crippen LogP contribution in [0.4, 0.5) is 0 Å². The Bertz CT molecular complexity index is 153. The lowest BCUT2D eigenvalue weighted by Gasteiger charge is -2.19. The first-order chi connectivity index (χ1) is 4.67. The summed E-state index contributed by atoms with van der Waals surface area (Å²) < 4.78 is 0. The fraction of sp³-hybridized carbons (Fsp3) is 1.00. The van der Waals surface area contributed by atoms with Crippen molar-refractivity contribution in [3.05, 3.63) is 0 Å². The van der Waals surface area contributed by atoms with Gasteiger partial charge >= 0.3 is 0 Å². The van der Waals surface area contributed by atoms with Gasteiger partial charge in [-0.2, -0.15) is 0 Å². The zero-order valence-electron chi connectivity index (χ0n) is 7.41. The summed E-state index contributed by atoms with van der Waals surface area (Å²) in [5.74, 6) is 0.931. The van der Waals surface area contributed by atoms with Crippen molar-refractivity contribution < 1.29 is 0 Å². The van der Waals surface area contributed by atoms with Crippen LogP contribution in [0, 0.1) is 16.7 Å². The van der Waals surface area contributed by atoms with Crippen molar-refractivity contribution in [1.29, 1.82) is 0 Å². The van der Waals surface area contributed by atoms with E-state index in [0.717, 1.165) is 16.7 Å². The van der Waals surface area contributed by atoms with Crippen LogP contribution >= 0.6 is 0 Å². The van der Waals surface area contributed by atoms with Crippen LogP contribution in [0.1, 0.15) is 46.5 Å². The topological polar surface area (TPSA) is 0 Å². The van der Waals surface area contributed by atoms with Crippen molar-refractivity contribution in [1.82, 2.24) is 0 Å². The van der Waals surface area contributed by atoms with Gasteiger partial charge < -0.3 is 0 Å². The monoisotopic (exact) mass is 138 g/mol. The first-order valence-corrected chi connectivity index (χ1v) is 4.67. The summed E-state index contributed by atoms with van der Waals surface area (Å²) in [6, 6.07) is 0. The predicted octanol–water partition coefficient (Wildman–Crippen LogP) is 3.22. The first kappa shape index (κ1) is 6.69. The second kappa shape index (κ2) is 1.60. The molecule has 2 rings (SSSR count). The van der Waals surface area contributed by atoms with E-state index in [0.29, 0.717) is 0 Å². The van der Waals surface area contributed by atoms with Crippen LogP contribution < -0.4 is 0 Å². The van der Waals surface area contributed by atoms with Gasteiger partial charge in [0.25, 0.3) is 0 Å². The minimum atomic E-state index is 0.799. The number of hydrogen-bond acceptors (Lipinski definition) is 0. The molecule has 1 unspecified atom stereocenters. The smallest absolute Gasteiger partial charge is 0.0215 e. The summed E-state index contributed by atoms with van der Waals surface area (Å²) in [5.41, 5.74) is 1.68. The maximum atomic E-state index is 2.40. The van der Waals surface area contributed by atoms with E-state index in [2.05, 4.69) is 20.8 Å². The highest BCUT2D eigenvalue weighted by atomic mass is 14.8. The fourth-order valence-electron chi connectivity index (χ4n) is 3.11. The number of hydrogen-bond donors (Lipinski definition) is 0. The zero-order chi connectivity index (χ0) is 7.41. The van der Waals surface area contributed by atoms with Crippen LogP contribution in [0.2, 0.25) is 0 Å². The van der Waals surface area contributed by atoms with E-state index in [9.17, 15) is 0 Å². The van der Waals surface area contributed by atoms with E-state index < -0.39 is 0 Å². The summed E-state index contributed by atoms with van der Waals surface area (Å²) in [7, 11) is 0. The molecule has 0 radical (unpaired) electrons. The zero-order valence-corrected chi connectivity index (χ0v) is 7.41. The third-order valence-corrected chi connectivity index (χ3v) is 4.17. The lowest BCUT2D eigenvalue weighted by atomic mass is 9.86. The molecule has 0 heteroatoms. The van der Waals surface area contributed by atoms with E-state index in [4.69, 9.17) is 0 Å². The summed E-state index contributed by atoms with van der Waals surface area (Å²) in [4.78, 5) is 0. The van der Waals surface area contributed by atoms with Crippen molar-refractivity contribution in [2.24, 2.45) is 16.7 Å². The van der Waals surface area contributed by atoms with Gasteiger partial charge in [-0.3, -0.25) is 0 Å². The maximum Gasteiger partial charge on any atom is -0.0215 e. The Balaban J connectivity index is 2.13. The second-order valence-electron chi connectivity index (χ2n) is 4.62. The van der Waals surface area contributed by atoms with Gasteiger partial charge in [0, 0.05) is 0 Å². The average Bonchev–Trinajstić information content (AvgIpc) is 2.74. The molecule has 0 aliphatic heterocycles. The van der Waals surface area contributed by atoms with Crippen molar-refractivity contribution in [2.45, 2.75) is 46.5 Å². The Morgan fingerprint density at radius 3 is 2.00 bits per heavy atom. The molecule has 1 atom stereocenters. The van der Waals surface area contributed by atoms with Gasteiger partial charge in [0.05, 0.1) is 0 Å². The van der Waals surface area contributed by atoms with E-state index >= 15 is 0 Å². The lowest BCUT2D eigenvalue weighted by molar-refractivity contribution is 0.304. The summed E-state index contributed by atoms with van der Waals surface area (Å²) in [5, 5.41) is 0. The van der Waals surface area contributed by atoms with E-state index in [1.165, 1.54) is 6.42 Å². The van der Waals surface area contributed by atoms with Crippen molar-refractivity contribution >= 4 is 0 Å². The summed E-state index contributed by atoms with van der Waals surface area (Å²) in [6.45, 7) is 7.17. The SMILES string of the molecule is CCC1(C(C)C)CC12CC2. The van der Waals surface area contributed by atoms with Gasteiger partial charge in [0.15, 0.2) is 0 Å².